The summed E-state index contributed by atoms with van der Waals surface area (Å²) in [4.78, 5) is 4.22. The first-order chi connectivity index (χ1) is 19.6. The maximum Gasteiger partial charge on any atom is 0.0998 e. The number of hydrogen-bond acceptors (Lipinski definition) is 2. The van der Waals surface area contributed by atoms with Gasteiger partial charge in [0.2, 0.25) is 0 Å². The predicted octanol–water partition coefficient (Wildman–Crippen LogP) is 9.98. The van der Waals surface area contributed by atoms with E-state index in [1.807, 2.05) is 18.2 Å². The van der Waals surface area contributed by atoms with Crippen molar-refractivity contribution in [2.75, 3.05) is 0 Å². The molecule has 3 nitrogen and oxygen atoms in total. The molecular formula is C38H35N3. The molecule has 0 atom stereocenters. The van der Waals surface area contributed by atoms with Gasteiger partial charge in [-0.2, -0.15) is 5.26 Å². The molecule has 0 aliphatic heterocycles. The monoisotopic (exact) mass is 533 g/mol. The topological polar surface area (TPSA) is 41.6 Å². The number of hydrogen-bond donors (Lipinski definition) is 0. The number of benzene rings is 4. The molecule has 2 aromatic heterocycles. The summed E-state index contributed by atoms with van der Waals surface area (Å²) in [5.74, 6) is 0. The zero-order valence-electron chi connectivity index (χ0n) is 24.7. The van der Waals surface area contributed by atoms with E-state index >= 15 is 0 Å². The minimum atomic E-state index is 0.00116. The Hall–Kier alpha value is -4.68. The Morgan fingerprint density at radius 3 is 1.66 bits per heavy atom. The van der Waals surface area contributed by atoms with E-state index in [0.29, 0.717) is 5.56 Å². The van der Waals surface area contributed by atoms with Crippen LogP contribution in [-0.2, 0) is 10.8 Å². The highest BCUT2D eigenvalue weighted by atomic mass is 15.0. The van der Waals surface area contributed by atoms with Crippen LogP contribution in [0.3, 0.4) is 0 Å². The molecule has 0 saturated carbocycles. The van der Waals surface area contributed by atoms with Crippen LogP contribution >= 0.6 is 0 Å². The van der Waals surface area contributed by atoms with Crippen LogP contribution in [0.2, 0.25) is 0 Å². The Bertz CT molecular complexity index is 1870. The van der Waals surface area contributed by atoms with Crippen molar-refractivity contribution < 1.29 is 0 Å². The first-order valence-corrected chi connectivity index (χ1v) is 14.2. The number of fused-ring (bicyclic) bond motifs is 3. The molecule has 41 heavy (non-hydrogen) atoms. The molecule has 6 aromatic rings. The molecule has 0 fully saturated rings. The highest BCUT2D eigenvalue weighted by molar-refractivity contribution is 6.10. The average Bonchev–Trinajstić information content (AvgIpc) is 3.29. The smallest absolute Gasteiger partial charge is 0.0998 e. The molecule has 0 N–H and O–H groups in total. The number of rotatable bonds is 3. The first kappa shape index (κ1) is 26.5. The zero-order valence-corrected chi connectivity index (χ0v) is 24.7. The Labute approximate surface area is 242 Å². The second kappa shape index (κ2) is 9.75. The second-order valence-electron chi connectivity index (χ2n) is 12.9. The molecule has 2 heterocycles. The zero-order chi connectivity index (χ0) is 28.9. The number of nitriles is 1. The van der Waals surface area contributed by atoms with Crippen molar-refractivity contribution in [2.45, 2.75) is 52.4 Å². The Balaban J connectivity index is 1.81. The van der Waals surface area contributed by atoms with Gasteiger partial charge in [-0.3, -0.25) is 4.98 Å². The van der Waals surface area contributed by atoms with Crippen LogP contribution < -0.4 is 0 Å². The second-order valence-corrected chi connectivity index (χ2v) is 12.9. The van der Waals surface area contributed by atoms with Gasteiger partial charge in [0.15, 0.2) is 0 Å². The molecule has 0 aliphatic rings. The summed E-state index contributed by atoms with van der Waals surface area (Å²) in [5.41, 5.74) is 10.6. The van der Waals surface area contributed by atoms with Gasteiger partial charge >= 0.3 is 0 Å². The lowest BCUT2D eigenvalue weighted by Gasteiger charge is -2.21. The standard InChI is InChI=1S/C38H35N3/c1-37(2,3)28-12-14-30-31-15-13-29(38(4,5)6)22-35(31)41(34(30)21-28)36-23-32(26-16-18-40-19-17-26)27(24-39)20-33(36)25-10-8-7-9-11-25/h7-23H,1-6H3. The Kier molecular flexibility index (Phi) is 6.31. The number of pyridine rings is 1. The molecule has 0 saturated heterocycles. The average molecular weight is 534 g/mol. The molecule has 0 bridgehead atoms. The molecule has 0 radical (unpaired) electrons. The van der Waals surface area contributed by atoms with Gasteiger partial charge in [0, 0.05) is 34.3 Å². The molecule has 0 aliphatic carbocycles. The van der Waals surface area contributed by atoms with Crippen molar-refractivity contribution in [1.82, 2.24) is 9.55 Å². The van der Waals surface area contributed by atoms with Gasteiger partial charge < -0.3 is 4.57 Å². The summed E-state index contributed by atoms with van der Waals surface area (Å²) in [6, 6.07) is 34.9. The van der Waals surface area contributed by atoms with Crippen molar-refractivity contribution >= 4 is 21.8 Å². The van der Waals surface area contributed by atoms with Crippen molar-refractivity contribution in [3.63, 3.8) is 0 Å². The van der Waals surface area contributed by atoms with Gasteiger partial charge in [0.05, 0.1) is 28.4 Å². The van der Waals surface area contributed by atoms with Gasteiger partial charge in [0.1, 0.15) is 0 Å². The highest BCUT2D eigenvalue weighted by Gasteiger charge is 2.23. The van der Waals surface area contributed by atoms with E-state index in [4.69, 9.17) is 0 Å². The molecule has 0 amide bonds. The van der Waals surface area contributed by atoms with Crippen LogP contribution in [0.4, 0.5) is 0 Å². The van der Waals surface area contributed by atoms with Crippen LogP contribution in [-0.4, -0.2) is 9.55 Å². The third kappa shape index (κ3) is 4.70. The lowest BCUT2D eigenvalue weighted by atomic mass is 9.86. The van der Waals surface area contributed by atoms with Crippen LogP contribution in [0.1, 0.15) is 58.2 Å². The maximum absolute atomic E-state index is 10.3. The van der Waals surface area contributed by atoms with Gasteiger partial charge in [-0.15, -0.1) is 0 Å². The van der Waals surface area contributed by atoms with Crippen LogP contribution in [0.5, 0.6) is 0 Å². The molecule has 0 spiro atoms. The third-order valence-electron chi connectivity index (χ3n) is 8.07. The summed E-state index contributed by atoms with van der Waals surface area (Å²) in [6.45, 7) is 13.6. The predicted molar refractivity (Wildman–Crippen MR) is 172 cm³/mol. The van der Waals surface area contributed by atoms with Crippen LogP contribution in [0.25, 0.3) is 49.7 Å². The number of aromatic nitrogens is 2. The highest BCUT2D eigenvalue weighted by Crippen LogP contribution is 2.41. The molecule has 4 aromatic carbocycles. The minimum absolute atomic E-state index is 0.00116. The van der Waals surface area contributed by atoms with Crippen molar-refractivity contribution in [1.29, 1.82) is 5.26 Å². The van der Waals surface area contributed by atoms with Gasteiger partial charge in [-0.25, -0.2) is 0 Å². The van der Waals surface area contributed by atoms with Crippen LogP contribution in [0.15, 0.2) is 103 Å². The Morgan fingerprint density at radius 1 is 0.610 bits per heavy atom. The number of nitrogens with zero attached hydrogens (tertiary/aromatic N) is 3. The van der Waals surface area contributed by atoms with Gasteiger partial charge in [0.25, 0.3) is 0 Å². The largest absolute Gasteiger partial charge is 0.309 e. The normalized spacial score (nSPS) is 12.1. The van der Waals surface area contributed by atoms with Crippen LogP contribution in [0, 0.1) is 11.3 Å². The summed E-state index contributed by atoms with van der Waals surface area (Å²) in [6.07, 6.45) is 3.57. The fourth-order valence-electron chi connectivity index (χ4n) is 5.70. The molecule has 6 rings (SSSR count). The van der Waals surface area contributed by atoms with E-state index in [1.54, 1.807) is 12.4 Å². The first-order valence-electron chi connectivity index (χ1n) is 14.2. The van der Waals surface area contributed by atoms with E-state index < -0.39 is 0 Å². The summed E-state index contributed by atoms with van der Waals surface area (Å²) >= 11 is 0. The van der Waals surface area contributed by atoms with E-state index in [0.717, 1.165) is 27.9 Å². The van der Waals surface area contributed by atoms with E-state index in [2.05, 4.69) is 130 Å². The van der Waals surface area contributed by atoms with Gasteiger partial charge in [-0.1, -0.05) is 96.1 Å². The lowest BCUT2D eigenvalue weighted by molar-refractivity contribution is 0.591. The van der Waals surface area contributed by atoms with E-state index in [-0.39, 0.29) is 10.8 Å². The molecule has 202 valence electrons. The fourth-order valence-corrected chi connectivity index (χ4v) is 5.70. The maximum atomic E-state index is 10.3. The van der Waals surface area contributed by atoms with E-state index in [1.165, 1.54) is 32.9 Å². The molecule has 3 heteroatoms. The summed E-state index contributed by atoms with van der Waals surface area (Å²) in [5, 5.41) is 12.7. The quantitative estimate of drug-likeness (QED) is 0.227. The Morgan fingerprint density at radius 2 is 1.15 bits per heavy atom. The lowest BCUT2D eigenvalue weighted by Crippen LogP contribution is -2.11. The fraction of sp³-hybridized carbons (Fsp3) is 0.211. The van der Waals surface area contributed by atoms with E-state index in [9.17, 15) is 5.26 Å². The SMILES string of the molecule is CC(C)(C)c1ccc2c3ccc(C(C)(C)C)cc3n(-c3cc(-c4ccncc4)c(C#N)cc3-c3ccccc3)c2c1. The minimum Gasteiger partial charge on any atom is -0.309 e. The molecular weight excluding hydrogens is 498 g/mol. The van der Waals surface area contributed by atoms with Crippen molar-refractivity contribution in [3.8, 4) is 34.0 Å². The third-order valence-corrected chi connectivity index (χ3v) is 8.07. The summed E-state index contributed by atoms with van der Waals surface area (Å²) < 4.78 is 2.42. The van der Waals surface area contributed by atoms with Crippen molar-refractivity contribution in [2.24, 2.45) is 0 Å². The van der Waals surface area contributed by atoms with Gasteiger partial charge in [-0.05, 0) is 69.5 Å². The van der Waals surface area contributed by atoms with Crippen molar-refractivity contribution in [3.05, 3.63) is 120 Å². The summed E-state index contributed by atoms with van der Waals surface area (Å²) in [7, 11) is 0. The molecule has 0 unspecified atom stereocenters.